The minimum atomic E-state index is -0.534. The Morgan fingerprint density at radius 2 is 1.84 bits per heavy atom. The van der Waals surface area contributed by atoms with Crippen molar-refractivity contribution in [3.8, 4) is 17.2 Å². The maximum Gasteiger partial charge on any atom is 0.249 e. The van der Waals surface area contributed by atoms with Crippen molar-refractivity contribution >= 4 is 39.6 Å². The highest BCUT2D eigenvalue weighted by Gasteiger charge is 2.12. The fourth-order valence-electron chi connectivity index (χ4n) is 2.53. The van der Waals surface area contributed by atoms with Crippen molar-refractivity contribution in [2.75, 3.05) is 25.6 Å². The first-order chi connectivity index (χ1) is 15.0. The first-order valence-corrected chi connectivity index (χ1v) is 10.6. The molecule has 8 nitrogen and oxygen atoms in total. The molecule has 2 amide bonds. The third-order valence-electron chi connectivity index (χ3n) is 3.88. The second kappa shape index (κ2) is 12.6. The van der Waals surface area contributed by atoms with Crippen molar-refractivity contribution in [2.24, 2.45) is 5.10 Å². The quantitative estimate of drug-likeness (QED) is 0.279. The number of rotatable bonds is 11. The zero-order chi connectivity index (χ0) is 22.6. The lowest BCUT2D eigenvalue weighted by Crippen LogP contribution is -2.24. The van der Waals surface area contributed by atoms with Gasteiger partial charge >= 0.3 is 0 Å². The number of carbonyl (C=O) groups is 2. The lowest BCUT2D eigenvalue weighted by Gasteiger charge is -2.12. The van der Waals surface area contributed by atoms with Gasteiger partial charge in [0, 0.05) is 5.69 Å². The Balaban J connectivity index is 1.88. The van der Waals surface area contributed by atoms with E-state index in [9.17, 15) is 9.59 Å². The molecule has 0 bridgehead atoms. The molecular formula is C22H26BrN3O5. The molecule has 0 aliphatic heterocycles. The molecule has 0 heterocycles. The van der Waals surface area contributed by atoms with Crippen LogP contribution in [0.25, 0.3) is 0 Å². The van der Waals surface area contributed by atoms with Crippen LogP contribution in [0.3, 0.4) is 0 Å². The summed E-state index contributed by atoms with van der Waals surface area (Å²) in [5.41, 5.74) is 3.60. The number of anilines is 1. The van der Waals surface area contributed by atoms with Crippen molar-refractivity contribution in [2.45, 2.75) is 26.7 Å². The van der Waals surface area contributed by atoms with Crippen molar-refractivity contribution < 1.29 is 23.8 Å². The fraction of sp³-hybridized carbons (Fsp3) is 0.318. The van der Waals surface area contributed by atoms with E-state index in [-0.39, 0.29) is 6.42 Å². The third kappa shape index (κ3) is 7.93. The van der Waals surface area contributed by atoms with Gasteiger partial charge in [0.1, 0.15) is 12.2 Å². The molecule has 0 spiro atoms. The van der Waals surface area contributed by atoms with Gasteiger partial charge < -0.3 is 19.5 Å². The maximum absolute atomic E-state index is 12.0. The number of carbonyl (C=O) groups excluding carboxylic acids is 2. The number of amides is 2. The van der Waals surface area contributed by atoms with Gasteiger partial charge in [-0.25, -0.2) is 5.43 Å². The molecule has 9 heteroatoms. The molecular weight excluding hydrogens is 466 g/mol. The molecule has 2 rings (SSSR count). The van der Waals surface area contributed by atoms with Crippen LogP contribution in [-0.2, 0) is 9.59 Å². The number of halogens is 1. The number of benzene rings is 2. The van der Waals surface area contributed by atoms with E-state index in [0.717, 1.165) is 6.42 Å². The first-order valence-electron chi connectivity index (χ1n) is 9.81. The van der Waals surface area contributed by atoms with Crippen molar-refractivity contribution in [3.05, 3.63) is 46.4 Å². The lowest BCUT2D eigenvalue weighted by molar-refractivity contribution is -0.126. The predicted octanol–water partition coefficient (Wildman–Crippen LogP) is 4.12. The summed E-state index contributed by atoms with van der Waals surface area (Å²) in [5, 5.41) is 6.56. The number of hydrogen-bond acceptors (Lipinski definition) is 6. The highest BCUT2D eigenvalue weighted by Crippen LogP contribution is 2.36. The van der Waals surface area contributed by atoms with Gasteiger partial charge in [-0.15, -0.1) is 0 Å². The van der Waals surface area contributed by atoms with Gasteiger partial charge in [0.2, 0.25) is 11.8 Å². The van der Waals surface area contributed by atoms with E-state index >= 15 is 0 Å². The van der Waals surface area contributed by atoms with E-state index in [1.807, 2.05) is 13.8 Å². The van der Waals surface area contributed by atoms with Gasteiger partial charge in [-0.05, 0) is 71.2 Å². The topological polar surface area (TPSA) is 98.2 Å². The Morgan fingerprint density at radius 1 is 1.10 bits per heavy atom. The zero-order valence-electron chi connectivity index (χ0n) is 17.7. The van der Waals surface area contributed by atoms with E-state index < -0.39 is 11.8 Å². The number of nitrogens with one attached hydrogen (secondary N) is 2. The minimum absolute atomic E-state index is 0.360. The SMILES string of the molecule is CCCOc1c(Br)cc(C=NNC(=O)CC(=O)Nc2ccc(OCC)cc2)cc1OC. The summed E-state index contributed by atoms with van der Waals surface area (Å²) in [7, 11) is 1.55. The number of hydrogen-bond donors (Lipinski definition) is 2. The van der Waals surface area contributed by atoms with E-state index in [1.54, 1.807) is 43.5 Å². The van der Waals surface area contributed by atoms with E-state index in [2.05, 4.69) is 31.8 Å². The Morgan fingerprint density at radius 3 is 2.48 bits per heavy atom. The van der Waals surface area contributed by atoms with Crippen molar-refractivity contribution in [3.63, 3.8) is 0 Å². The number of ether oxygens (including phenoxy) is 3. The number of nitrogens with zero attached hydrogens (tertiary/aromatic N) is 1. The van der Waals surface area contributed by atoms with E-state index in [0.29, 0.717) is 46.2 Å². The maximum atomic E-state index is 12.0. The Hall–Kier alpha value is -3.07. The van der Waals surface area contributed by atoms with Gasteiger partial charge in [0.15, 0.2) is 11.5 Å². The second-order valence-electron chi connectivity index (χ2n) is 6.36. The number of hydrazone groups is 1. The summed E-state index contributed by atoms with van der Waals surface area (Å²) >= 11 is 3.45. The summed E-state index contributed by atoms with van der Waals surface area (Å²) in [6.45, 7) is 5.04. The smallest absolute Gasteiger partial charge is 0.249 e. The van der Waals surface area contributed by atoms with E-state index in [4.69, 9.17) is 14.2 Å². The zero-order valence-corrected chi connectivity index (χ0v) is 19.3. The Kier molecular flexibility index (Phi) is 9.83. The van der Waals surface area contributed by atoms with Gasteiger partial charge in [0.25, 0.3) is 0 Å². The monoisotopic (exact) mass is 491 g/mol. The molecule has 0 fully saturated rings. The van der Waals surface area contributed by atoms with Gasteiger partial charge in [-0.2, -0.15) is 5.10 Å². The summed E-state index contributed by atoms with van der Waals surface area (Å²) < 4.78 is 17.1. The molecule has 0 atom stereocenters. The summed E-state index contributed by atoms with van der Waals surface area (Å²) in [6, 6.07) is 10.4. The van der Waals surface area contributed by atoms with Crippen molar-refractivity contribution in [1.82, 2.24) is 5.43 Å². The van der Waals surface area contributed by atoms with Crippen LogP contribution in [0.2, 0.25) is 0 Å². The highest BCUT2D eigenvalue weighted by atomic mass is 79.9. The summed E-state index contributed by atoms with van der Waals surface area (Å²) in [6.07, 6.45) is 1.97. The molecule has 166 valence electrons. The van der Waals surface area contributed by atoms with Crippen LogP contribution in [0.5, 0.6) is 17.2 Å². The largest absolute Gasteiger partial charge is 0.494 e. The molecule has 2 aromatic rings. The molecule has 0 aliphatic carbocycles. The minimum Gasteiger partial charge on any atom is -0.494 e. The van der Waals surface area contributed by atoms with Crippen LogP contribution in [-0.4, -0.2) is 38.4 Å². The Labute approximate surface area is 190 Å². The third-order valence-corrected chi connectivity index (χ3v) is 4.46. The Bertz CT molecular complexity index is 916. The van der Waals surface area contributed by atoms with Crippen LogP contribution in [0.15, 0.2) is 46.0 Å². The average Bonchev–Trinajstić information content (AvgIpc) is 2.74. The van der Waals surface area contributed by atoms with Crippen LogP contribution < -0.4 is 25.0 Å². The lowest BCUT2D eigenvalue weighted by atomic mass is 10.2. The molecule has 0 aromatic heterocycles. The highest BCUT2D eigenvalue weighted by molar-refractivity contribution is 9.10. The molecule has 2 N–H and O–H groups in total. The van der Waals surface area contributed by atoms with Crippen LogP contribution in [0, 0.1) is 0 Å². The standard InChI is InChI=1S/C22H26BrN3O5/c1-4-10-31-22-18(23)11-15(12-19(22)29-3)14-24-26-21(28)13-20(27)25-16-6-8-17(9-7-16)30-5-2/h6-9,11-12,14H,4-5,10,13H2,1-3H3,(H,25,27)(H,26,28). The molecule has 0 saturated carbocycles. The van der Waals surface area contributed by atoms with E-state index in [1.165, 1.54) is 6.21 Å². The average molecular weight is 492 g/mol. The molecule has 2 aromatic carbocycles. The molecule has 0 unspecified atom stereocenters. The van der Waals surface area contributed by atoms with Gasteiger partial charge in [0.05, 0.1) is 31.0 Å². The van der Waals surface area contributed by atoms with Crippen molar-refractivity contribution in [1.29, 1.82) is 0 Å². The molecule has 0 radical (unpaired) electrons. The van der Waals surface area contributed by atoms with Gasteiger partial charge in [-0.3, -0.25) is 9.59 Å². The molecule has 31 heavy (non-hydrogen) atoms. The van der Waals surface area contributed by atoms with Crippen LogP contribution >= 0.6 is 15.9 Å². The van der Waals surface area contributed by atoms with Crippen LogP contribution in [0.4, 0.5) is 5.69 Å². The number of methoxy groups -OCH3 is 1. The normalized spacial score (nSPS) is 10.6. The second-order valence-corrected chi connectivity index (χ2v) is 7.21. The summed E-state index contributed by atoms with van der Waals surface area (Å²) in [5.74, 6) is 0.884. The van der Waals surface area contributed by atoms with Crippen LogP contribution in [0.1, 0.15) is 32.3 Å². The molecule has 0 saturated heterocycles. The predicted molar refractivity (Wildman–Crippen MR) is 123 cm³/mol. The molecule has 0 aliphatic rings. The summed E-state index contributed by atoms with van der Waals surface area (Å²) in [4.78, 5) is 24.0. The fourth-order valence-corrected chi connectivity index (χ4v) is 3.10. The first kappa shape index (κ1) is 24.2. The van der Waals surface area contributed by atoms with Gasteiger partial charge in [-0.1, -0.05) is 6.92 Å².